The number of nitrogens with two attached hydrogens (primary N) is 1. The van der Waals surface area contributed by atoms with Crippen molar-refractivity contribution in [2.45, 2.75) is 19.5 Å². The molecule has 3 aromatic rings. The molecule has 27 heavy (non-hydrogen) atoms. The van der Waals surface area contributed by atoms with Gasteiger partial charge < -0.3 is 15.4 Å². The molecule has 0 spiro atoms. The fraction of sp³-hybridized carbons (Fsp3) is 0.200. The van der Waals surface area contributed by atoms with Crippen molar-refractivity contribution < 1.29 is 9.53 Å². The Morgan fingerprint density at radius 3 is 2.96 bits per heavy atom. The fourth-order valence-corrected chi connectivity index (χ4v) is 3.07. The van der Waals surface area contributed by atoms with Crippen LogP contribution in [-0.2, 0) is 19.5 Å². The molecule has 0 saturated heterocycles. The maximum atomic E-state index is 12.9. The second-order valence-corrected chi connectivity index (χ2v) is 6.27. The number of ether oxygens (including phenoxy) is 1. The van der Waals surface area contributed by atoms with Gasteiger partial charge in [-0.1, -0.05) is 12.1 Å². The Morgan fingerprint density at radius 2 is 2.07 bits per heavy atom. The summed E-state index contributed by atoms with van der Waals surface area (Å²) >= 11 is 0. The molecule has 0 fully saturated rings. The lowest BCUT2D eigenvalue weighted by Gasteiger charge is -2.28. The number of hydrogen-bond acceptors (Lipinski definition) is 6. The van der Waals surface area contributed by atoms with E-state index in [9.17, 15) is 4.79 Å². The van der Waals surface area contributed by atoms with Gasteiger partial charge in [-0.2, -0.15) is 0 Å². The Labute approximate surface area is 156 Å². The number of carbonyl (C=O) groups is 1. The van der Waals surface area contributed by atoms with Gasteiger partial charge in [0, 0.05) is 30.9 Å². The molecule has 0 radical (unpaired) electrons. The van der Waals surface area contributed by atoms with E-state index in [0.29, 0.717) is 42.5 Å². The van der Waals surface area contributed by atoms with Crippen LogP contribution >= 0.6 is 0 Å². The van der Waals surface area contributed by atoms with E-state index in [1.54, 1.807) is 36.5 Å². The highest BCUT2D eigenvalue weighted by Crippen LogP contribution is 2.23. The van der Waals surface area contributed by atoms with Crippen LogP contribution in [0.5, 0.6) is 11.6 Å². The van der Waals surface area contributed by atoms with Crippen molar-refractivity contribution in [3.63, 3.8) is 0 Å². The van der Waals surface area contributed by atoms with Crippen LogP contribution in [0, 0.1) is 0 Å². The van der Waals surface area contributed by atoms with Gasteiger partial charge in [0.05, 0.1) is 17.9 Å². The van der Waals surface area contributed by atoms with Gasteiger partial charge in [-0.15, -0.1) is 0 Å². The van der Waals surface area contributed by atoms with Crippen LogP contribution in [0.3, 0.4) is 0 Å². The van der Waals surface area contributed by atoms with Crippen LogP contribution < -0.4 is 10.5 Å². The van der Waals surface area contributed by atoms with Gasteiger partial charge in [0.1, 0.15) is 12.1 Å². The summed E-state index contributed by atoms with van der Waals surface area (Å²) in [6.45, 7) is 1.50. The normalized spacial score (nSPS) is 13.1. The zero-order valence-corrected chi connectivity index (χ0v) is 14.7. The number of amides is 1. The number of fused-ring (bicyclic) bond motifs is 1. The molecular weight excluding hydrogens is 342 g/mol. The van der Waals surface area contributed by atoms with Crippen molar-refractivity contribution >= 4 is 5.91 Å². The molecule has 0 bridgehead atoms. The van der Waals surface area contributed by atoms with Gasteiger partial charge in [-0.05, 0) is 36.2 Å². The molecule has 0 unspecified atom stereocenters. The van der Waals surface area contributed by atoms with Crippen molar-refractivity contribution in [3.8, 4) is 11.6 Å². The standard InChI is InChI=1S/C20H19N5O2/c21-11-16-10-19(24-13-23-16)27-17-5-1-3-15(9-17)20(26)25-8-6-14-4-2-7-22-18(14)12-25/h1-5,7,9-10,13H,6,8,11-12,21H2. The number of carbonyl (C=O) groups excluding carboxylic acids is 1. The summed E-state index contributed by atoms with van der Waals surface area (Å²) in [6, 6.07) is 12.8. The van der Waals surface area contributed by atoms with Gasteiger partial charge in [-0.25, -0.2) is 9.97 Å². The Kier molecular flexibility index (Phi) is 4.76. The van der Waals surface area contributed by atoms with Crippen LogP contribution in [0.25, 0.3) is 0 Å². The summed E-state index contributed by atoms with van der Waals surface area (Å²) < 4.78 is 5.77. The minimum atomic E-state index is -0.0397. The first-order valence-electron chi connectivity index (χ1n) is 8.74. The summed E-state index contributed by atoms with van der Waals surface area (Å²) in [7, 11) is 0. The molecular formula is C20H19N5O2. The lowest BCUT2D eigenvalue weighted by Crippen LogP contribution is -2.36. The van der Waals surface area contributed by atoms with Crippen molar-refractivity contribution in [3.05, 3.63) is 77.5 Å². The summed E-state index contributed by atoms with van der Waals surface area (Å²) in [6.07, 6.45) is 3.98. The molecule has 136 valence electrons. The number of pyridine rings is 1. The third-order valence-electron chi connectivity index (χ3n) is 4.47. The molecule has 0 saturated carbocycles. The molecule has 2 N–H and O–H groups in total. The van der Waals surface area contributed by atoms with Gasteiger partial charge in [0.15, 0.2) is 0 Å². The van der Waals surface area contributed by atoms with E-state index in [1.165, 1.54) is 11.9 Å². The van der Waals surface area contributed by atoms with Gasteiger partial charge in [0.2, 0.25) is 5.88 Å². The molecule has 7 heteroatoms. The third kappa shape index (κ3) is 3.78. The Bertz CT molecular complexity index is 976. The van der Waals surface area contributed by atoms with Crippen molar-refractivity contribution in [1.82, 2.24) is 19.9 Å². The summed E-state index contributed by atoms with van der Waals surface area (Å²) in [5, 5.41) is 0. The first-order valence-corrected chi connectivity index (χ1v) is 8.74. The Hall–Kier alpha value is -3.32. The molecule has 1 amide bonds. The maximum Gasteiger partial charge on any atom is 0.254 e. The Morgan fingerprint density at radius 1 is 1.15 bits per heavy atom. The van der Waals surface area contributed by atoms with Crippen LogP contribution in [0.4, 0.5) is 0 Å². The topological polar surface area (TPSA) is 94.2 Å². The van der Waals surface area contributed by atoms with Crippen molar-refractivity contribution in [2.24, 2.45) is 5.73 Å². The van der Waals surface area contributed by atoms with Crippen LogP contribution in [0.2, 0.25) is 0 Å². The number of benzene rings is 1. The van der Waals surface area contributed by atoms with Crippen LogP contribution in [-0.4, -0.2) is 32.3 Å². The zero-order valence-electron chi connectivity index (χ0n) is 14.7. The summed E-state index contributed by atoms with van der Waals surface area (Å²) in [5.41, 5.74) is 9.01. The lowest BCUT2D eigenvalue weighted by molar-refractivity contribution is 0.0731. The Balaban J connectivity index is 1.51. The average Bonchev–Trinajstić information content (AvgIpc) is 2.73. The minimum Gasteiger partial charge on any atom is -0.439 e. The highest BCUT2D eigenvalue weighted by Gasteiger charge is 2.22. The van der Waals surface area contributed by atoms with E-state index in [-0.39, 0.29) is 5.91 Å². The molecule has 1 aliphatic heterocycles. The summed E-state index contributed by atoms with van der Waals surface area (Å²) in [5.74, 6) is 0.895. The molecule has 1 aromatic carbocycles. The largest absolute Gasteiger partial charge is 0.439 e. The van der Waals surface area contributed by atoms with E-state index < -0.39 is 0 Å². The predicted molar refractivity (Wildman–Crippen MR) is 99.1 cm³/mol. The van der Waals surface area contributed by atoms with E-state index >= 15 is 0 Å². The monoisotopic (exact) mass is 361 g/mol. The van der Waals surface area contributed by atoms with Crippen LogP contribution in [0.15, 0.2) is 55.0 Å². The molecule has 4 rings (SSSR count). The third-order valence-corrected chi connectivity index (χ3v) is 4.47. The quantitative estimate of drug-likeness (QED) is 0.766. The number of nitrogens with zero attached hydrogens (tertiary/aromatic N) is 4. The SMILES string of the molecule is NCc1cc(Oc2cccc(C(=O)N3CCc4cccnc4C3)c2)ncn1. The molecule has 1 aliphatic rings. The smallest absolute Gasteiger partial charge is 0.254 e. The van der Waals surface area contributed by atoms with Gasteiger partial charge in [0.25, 0.3) is 5.91 Å². The van der Waals surface area contributed by atoms with Crippen molar-refractivity contribution in [2.75, 3.05) is 6.54 Å². The first-order chi connectivity index (χ1) is 13.2. The van der Waals surface area contributed by atoms with E-state index in [4.69, 9.17) is 10.5 Å². The van der Waals surface area contributed by atoms with Crippen LogP contribution in [0.1, 0.15) is 27.3 Å². The second-order valence-electron chi connectivity index (χ2n) is 6.27. The molecule has 0 aliphatic carbocycles. The molecule has 3 heterocycles. The van der Waals surface area contributed by atoms with E-state index in [1.807, 2.05) is 11.0 Å². The summed E-state index contributed by atoms with van der Waals surface area (Å²) in [4.78, 5) is 27.2. The first kappa shape index (κ1) is 17.1. The second kappa shape index (κ2) is 7.51. The molecule has 7 nitrogen and oxygen atoms in total. The van der Waals surface area contributed by atoms with Crippen molar-refractivity contribution in [1.29, 1.82) is 0 Å². The van der Waals surface area contributed by atoms with E-state index in [0.717, 1.165) is 12.1 Å². The fourth-order valence-electron chi connectivity index (χ4n) is 3.07. The number of aromatic nitrogens is 3. The highest BCUT2D eigenvalue weighted by molar-refractivity contribution is 5.94. The predicted octanol–water partition coefficient (Wildman–Crippen LogP) is 2.32. The number of rotatable bonds is 4. The zero-order chi connectivity index (χ0) is 18.6. The van der Waals surface area contributed by atoms with Gasteiger partial charge >= 0.3 is 0 Å². The van der Waals surface area contributed by atoms with E-state index in [2.05, 4.69) is 21.0 Å². The lowest BCUT2D eigenvalue weighted by atomic mass is 10.0. The van der Waals surface area contributed by atoms with Gasteiger partial charge in [-0.3, -0.25) is 9.78 Å². The number of hydrogen-bond donors (Lipinski definition) is 1. The molecule has 0 atom stereocenters. The minimum absolute atomic E-state index is 0.0397. The molecule has 2 aromatic heterocycles. The maximum absolute atomic E-state index is 12.9. The average molecular weight is 361 g/mol. The highest BCUT2D eigenvalue weighted by atomic mass is 16.5.